The van der Waals surface area contributed by atoms with Gasteiger partial charge < -0.3 is 14.6 Å². The molecular formula is C41H36F6O3. The molecule has 3 atom stereocenters. The number of halogens is 6. The average molecular weight is 691 g/mol. The van der Waals surface area contributed by atoms with Crippen molar-refractivity contribution in [1.29, 1.82) is 0 Å². The first kappa shape index (κ1) is 36.6. The topological polar surface area (TPSA) is 38.7 Å². The molecule has 0 aliphatic heterocycles. The van der Waals surface area contributed by atoms with Gasteiger partial charge in [-0.2, -0.15) is 26.3 Å². The van der Waals surface area contributed by atoms with Crippen molar-refractivity contribution in [3.63, 3.8) is 0 Å². The van der Waals surface area contributed by atoms with E-state index in [2.05, 4.69) is 6.58 Å². The van der Waals surface area contributed by atoms with Gasteiger partial charge in [0.15, 0.2) is 0 Å². The van der Waals surface area contributed by atoms with Crippen molar-refractivity contribution in [2.24, 2.45) is 0 Å². The summed E-state index contributed by atoms with van der Waals surface area (Å²) in [4.78, 5) is 0. The summed E-state index contributed by atoms with van der Waals surface area (Å²) in [6.07, 6.45) is -12.4. The van der Waals surface area contributed by atoms with Gasteiger partial charge in [0.1, 0.15) is 5.60 Å². The second-order valence-electron chi connectivity index (χ2n) is 12.0. The van der Waals surface area contributed by atoms with Crippen LogP contribution in [-0.4, -0.2) is 24.4 Å². The van der Waals surface area contributed by atoms with Gasteiger partial charge in [-0.3, -0.25) is 0 Å². The highest BCUT2D eigenvalue weighted by molar-refractivity contribution is 5.48. The zero-order valence-corrected chi connectivity index (χ0v) is 27.2. The van der Waals surface area contributed by atoms with E-state index in [1.54, 1.807) is 30.3 Å². The molecule has 0 aliphatic carbocycles. The maximum Gasteiger partial charge on any atom is 0.416 e. The quantitative estimate of drug-likeness (QED) is 0.0759. The van der Waals surface area contributed by atoms with E-state index in [1.807, 2.05) is 91.0 Å². The van der Waals surface area contributed by atoms with Gasteiger partial charge in [-0.05, 0) is 58.5 Å². The molecule has 1 unspecified atom stereocenters. The predicted molar refractivity (Wildman–Crippen MR) is 180 cm³/mol. The van der Waals surface area contributed by atoms with Gasteiger partial charge in [-0.15, -0.1) is 0 Å². The summed E-state index contributed by atoms with van der Waals surface area (Å²) in [7, 11) is 0. The molecule has 0 saturated heterocycles. The number of alkyl halides is 6. The lowest BCUT2D eigenvalue weighted by molar-refractivity contribution is -0.143. The third kappa shape index (κ3) is 8.18. The zero-order chi connectivity index (χ0) is 35.9. The van der Waals surface area contributed by atoms with Gasteiger partial charge >= 0.3 is 12.4 Å². The fraction of sp³-hybridized carbons (Fsp3) is 0.220. The Labute approximate surface area is 287 Å². The molecule has 0 spiro atoms. The van der Waals surface area contributed by atoms with Gasteiger partial charge in [-0.1, -0.05) is 128 Å². The maximum absolute atomic E-state index is 13.7. The largest absolute Gasteiger partial charge is 0.416 e. The van der Waals surface area contributed by atoms with Crippen molar-refractivity contribution in [3.05, 3.63) is 191 Å². The Bertz CT molecular complexity index is 1700. The molecule has 0 aromatic heterocycles. The zero-order valence-electron chi connectivity index (χ0n) is 27.2. The highest BCUT2D eigenvalue weighted by Gasteiger charge is 2.40. The number of hydrogen-bond donors (Lipinski definition) is 1. The molecule has 5 aromatic carbocycles. The summed E-state index contributed by atoms with van der Waals surface area (Å²) in [5, 5.41) is 10.7. The monoisotopic (exact) mass is 690 g/mol. The maximum atomic E-state index is 13.7. The van der Waals surface area contributed by atoms with Crippen LogP contribution in [0.3, 0.4) is 0 Å². The molecule has 0 fully saturated rings. The van der Waals surface area contributed by atoms with Gasteiger partial charge in [0, 0.05) is 5.92 Å². The molecule has 0 aliphatic rings. The summed E-state index contributed by atoms with van der Waals surface area (Å²) >= 11 is 0. The van der Waals surface area contributed by atoms with Gasteiger partial charge in [0.2, 0.25) is 0 Å². The third-order valence-electron chi connectivity index (χ3n) is 8.62. The second kappa shape index (κ2) is 15.5. The molecule has 0 amide bonds. The van der Waals surface area contributed by atoms with Crippen LogP contribution in [0.15, 0.2) is 152 Å². The van der Waals surface area contributed by atoms with Crippen LogP contribution in [0.2, 0.25) is 0 Å². The number of aliphatic hydroxyl groups excluding tert-OH is 1. The Morgan fingerprint density at radius 3 is 1.38 bits per heavy atom. The first-order valence-electron chi connectivity index (χ1n) is 15.9. The third-order valence-corrected chi connectivity index (χ3v) is 8.62. The van der Waals surface area contributed by atoms with Crippen LogP contribution in [0.4, 0.5) is 26.3 Å². The molecule has 5 aromatic rings. The van der Waals surface area contributed by atoms with E-state index in [4.69, 9.17) is 9.47 Å². The Kier molecular flexibility index (Phi) is 11.3. The molecule has 5 rings (SSSR count). The minimum absolute atomic E-state index is 0.0612. The molecule has 0 saturated carbocycles. The normalized spacial score (nSPS) is 14.2. The van der Waals surface area contributed by atoms with E-state index in [0.717, 1.165) is 16.7 Å². The van der Waals surface area contributed by atoms with E-state index < -0.39 is 53.8 Å². The Hall–Kier alpha value is -4.70. The number of benzene rings is 5. The van der Waals surface area contributed by atoms with Crippen molar-refractivity contribution in [2.75, 3.05) is 13.2 Å². The van der Waals surface area contributed by atoms with Crippen molar-refractivity contribution in [3.8, 4) is 0 Å². The fourth-order valence-electron chi connectivity index (χ4n) is 6.21. The summed E-state index contributed by atoms with van der Waals surface area (Å²) in [6.45, 7) is 5.02. The summed E-state index contributed by atoms with van der Waals surface area (Å²) in [6, 6.07) is 39.2. The predicted octanol–water partition coefficient (Wildman–Crippen LogP) is 10.5. The molecule has 1 N–H and O–H groups in total. The van der Waals surface area contributed by atoms with Crippen LogP contribution in [0, 0.1) is 0 Å². The van der Waals surface area contributed by atoms with E-state index in [-0.39, 0.29) is 18.2 Å². The van der Waals surface area contributed by atoms with Crippen LogP contribution in [0.25, 0.3) is 0 Å². The molecule has 260 valence electrons. The fourth-order valence-corrected chi connectivity index (χ4v) is 6.21. The summed E-state index contributed by atoms with van der Waals surface area (Å²) in [5.41, 5.74) is -0.685. The van der Waals surface area contributed by atoms with Gasteiger partial charge in [0.25, 0.3) is 0 Å². The highest BCUT2D eigenvalue weighted by atomic mass is 19.4. The number of rotatable bonds is 13. The smallest absolute Gasteiger partial charge is 0.394 e. The minimum atomic E-state index is -5.02. The lowest BCUT2D eigenvalue weighted by Gasteiger charge is -2.37. The van der Waals surface area contributed by atoms with Crippen LogP contribution in [0.1, 0.15) is 57.9 Å². The molecule has 0 bridgehead atoms. The lowest BCUT2D eigenvalue weighted by atomic mass is 9.79. The average Bonchev–Trinajstić information content (AvgIpc) is 3.12. The lowest BCUT2D eigenvalue weighted by Crippen LogP contribution is -2.35. The molecule has 50 heavy (non-hydrogen) atoms. The van der Waals surface area contributed by atoms with Crippen molar-refractivity contribution in [1.82, 2.24) is 0 Å². The Morgan fingerprint density at radius 1 is 0.600 bits per heavy atom. The van der Waals surface area contributed by atoms with E-state index >= 15 is 0 Å². The Balaban J connectivity index is 1.53. The number of aliphatic hydroxyl groups is 1. The molecular weight excluding hydrogens is 654 g/mol. The molecule has 9 heteroatoms. The van der Waals surface area contributed by atoms with Crippen molar-refractivity contribution in [2.45, 2.75) is 43.0 Å². The van der Waals surface area contributed by atoms with E-state index in [0.29, 0.717) is 23.3 Å². The first-order chi connectivity index (χ1) is 23.8. The van der Waals surface area contributed by atoms with Gasteiger partial charge in [-0.25, -0.2) is 0 Å². The highest BCUT2D eigenvalue weighted by Crippen LogP contribution is 2.43. The van der Waals surface area contributed by atoms with Crippen LogP contribution < -0.4 is 0 Å². The summed E-state index contributed by atoms with van der Waals surface area (Å²) in [5.74, 6) is -0.767. The van der Waals surface area contributed by atoms with Crippen LogP contribution >= 0.6 is 0 Å². The minimum Gasteiger partial charge on any atom is -0.394 e. The SMILES string of the molecule is C=C(COC(c1ccccc1)(c1ccccc1)c1ccccc1)C(c1ccccc1)[C@@H](CO)O[C@H](C)c1cc(C(F)(F)F)cc(C(F)(F)F)c1. The standard InChI is InChI=1S/C41H36F6O3/c1-28(27-49-39(32-17-9-4-10-18-32,33-19-11-5-12-20-33)34-21-13-6-14-22-34)38(30-15-7-3-8-16-30)37(26-48)50-29(2)31-23-35(40(42,43)44)25-36(24-31)41(45,46)47/h3-25,29,37-38,48H,1,26-27H2,2H3/t29-,37-,38?/m1/s1. The van der Waals surface area contributed by atoms with E-state index in [1.165, 1.54) is 6.92 Å². The van der Waals surface area contributed by atoms with Crippen LogP contribution in [-0.2, 0) is 27.4 Å². The van der Waals surface area contributed by atoms with Gasteiger partial charge in [0.05, 0.1) is 36.5 Å². The molecule has 0 heterocycles. The van der Waals surface area contributed by atoms with Crippen molar-refractivity contribution >= 4 is 0 Å². The summed E-state index contributed by atoms with van der Waals surface area (Å²) < 4.78 is 95.1. The molecule has 3 nitrogen and oxygen atoms in total. The van der Waals surface area contributed by atoms with Crippen molar-refractivity contribution < 1.29 is 40.9 Å². The van der Waals surface area contributed by atoms with E-state index in [9.17, 15) is 31.4 Å². The van der Waals surface area contributed by atoms with Crippen LogP contribution in [0.5, 0.6) is 0 Å². The Morgan fingerprint density at radius 2 is 1.00 bits per heavy atom. The first-order valence-corrected chi connectivity index (χ1v) is 15.9. The second-order valence-corrected chi connectivity index (χ2v) is 12.0. The molecule has 0 radical (unpaired) electrons. The number of ether oxygens (including phenoxy) is 2. The number of hydrogen-bond acceptors (Lipinski definition) is 3.